The van der Waals surface area contributed by atoms with Crippen molar-refractivity contribution in [2.45, 2.75) is 19.8 Å². The van der Waals surface area contributed by atoms with Crippen LogP contribution in [0.4, 0.5) is 0 Å². The van der Waals surface area contributed by atoms with Crippen LogP contribution in [0.3, 0.4) is 0 Å². The van der Waals surface area contributed by atoms with Crippen LogP contribution >= 0.6 is 11.6 Å². The van der Waals surface area contributed by atoms with E-state index in [-0.39, 0.29) is 18.6 Å². The molecule has 2 aromatic carbocycles. The molecule has 0 heterocycles. The maximum atomic E-state index is 12.1. The first kappa shape index (κ1) is 19.5. The fourth-order valence-corrected chi connectivity index (χ4v) is 2.26. The molecule has 0 unspecified atom stereocenters. The lowest BCUT2D eigenvalue weighted by Gasteiger charge is -2.08. The molecule has 26 heavy (non-hydrogen) atoms. The minimum Gasteiger partial charge on any atom is -0.494 e. The van der Waals surface area contributed by atoms with Gasteiger partial charge >= 0.3 is 0 Å². The number of carbonyl (C=O) groups is 3. The number of hydrogen-bond donors (Lipinski definition) is 2. The summed E-state index contributed by atoms with van der Waals surface area (Å²) in [5.74, 6) is -0.390. The minimum atomic E-state index is -0.465. The van der Waals surface area contributed by atoms with Gasteiger partial charge in [-0.25, -0.2) is 0 Å². The van der Waals surface area contributed by atoms with Crippen molar-refractivity contribution in [3.63, 3.8) is 0 Å². The summed E-state index contributed by atoms with van der Waals surface area (Å²) in [4.78, 5) is 35.7. The Morgan fingerprint density at radius 3 is 2.12 bits per heavy atom. The van der Waals surface area contributed by atoms with Crippen molar-refractivity contribution in [1.29, 1.82) is 0 Å². The maximum absolute atomic E-state index is 12.1. The van der Waals surface area contributed by atoms with Gasteiger partial charge in [-0.3, -0.25) is 25.2 Å². The second-order valence-electron chi connectivity index (χ2n) is 5.39. The van der Waals surface area contributed by atoms with Crippen molar-refractivity contribution >= 4 is 29.2 Å². The average Bonchev–Trinajstić information content (AvgIpc) is 2.65. The summed E-state index contributed by atoms with van der Waals surface area (Å²) in [7, 11) is 0. The average molecular weight is 375 g/mol. The van der Waals surface area contributed by atoms with Crippen molar-refractivity contribution in [2.75, 3.05) is 6.61 Å². The highest BCUT2D eigenvalue weighted by molar-refractivity contribution is 6.30. The predicted octanol–water partition coefficient (Wildman–Crippen LogP) is 3.16. The van der Waals surface area contributed by atoms with E-state index in [0.717, 1.165) is 0 Å². The maximum Gasteiger partial charge on any atom is 0.269 e. The Labute approximate surface area is 156 Å². The largest absolute Gasteiger partial charge is 0.494 e. The third-order valence-corrected chi connectivity index (χ3v) is 3.74. The van der Waals surface area contributed by atoms with E-state index < -0.39 is 11.8 Å². The Morgan fingerprint density at radius 2 is 1.50 bits per heavy atom. The summed E-state index contributed by atoms with van der Waals surface area (Å²) in [6, 6.07) is 13.0. The highest BCUT2D eigenvalue weighted by Gasteiger charge is 2.11. The fourth-order valence-electron chi connectivity index (χ4n) is 2.14. The number of halogens is 1. The standard InChI is InChI=1S/C19H19ClN2O4/c1-2-26-16-9-5-13(6-10-16)17(23)11-12-18(24)21-22-19(25)14-3-7-15(20)8-4-14/h3-10H,2,11-12H2,1H3,(H,21,24)(H,22,25). The first-order valence-corrected chi connectivity index (χ1v) is 8.48. The number of nitrogens with one attached hydrogen (secondary N) is 2. The molecule has 0 aliphatic heterocycles. The summed E-state index contributed by atoms with van der Waals surface area (Å²) >= 11 is 5.75. The molecule has 7 heteroatoms. The second kappa shape index (κ2) is 9.58. The van der Waals surface area contributed by atoms with Crippen LogP contribution in [0.25, 0.3) is 0 Å². The molecule has 0 atom stereocenters. The number of carbonyl (C=O) groups excluding carboxylic acids is 3. The fraction of sp³-hybridized carbons (Fsp3) is 0.211. The van der Waals surface area contributed by atoms with Gasteiger partial charge in [-0.15, -0.1) is 0 Å². The van der Waals surface area contributed by atoms with Gasteiger partial charge in [-0.1, -0.05) is 11.6 Å². The lowest BCUT2D eigenvalue weighted by atomic mass is 10.1. The third-order valence-electron chi connectivity index (χ3n) is 3.49. The van der Waals surface area contributed by atoms with E-state index in [4.69, 9.17) is 16.3 Å². The number of ether oxygens (including phenoxy) is 1. The normalized spacial score (nSPS) is 10.1. The van der Waals surface area contributed by atoms with E-state index in [0.29, 0.717) is 28.5 Å². The summed E-state index contributed by atoms with van der Waals surface area (Å²) in [6.45, 7) is 2.43. The molecule has 0 radical (unpaired) electrons. The van der Waals surface area contributed by atoms with Gasteiger partial charge in [-0.05, 0) is 55.5 Å². The lowest BCUT2D eigenvalue weighted by Crippen LogP contribution is -2.41. The van der Waals surface area contributed by atoms with Crippen molar-refractivity contribution in [2.24, 2.45) is 0 Å². The quantitative estimate of drug-likeness (QED) is 0.576. The van der Waals surface area contributed by atoms with Crippen LogP contribution in [-0.4, -0.2) is 24.2 Å². The molecule has 2 amide bonds. The third kappa shape index (κ3) is 5.89. The van der Waals surface area contributed by atoms with E-state index in [9.17, 15) is 14.4 Å². The first-order chi connectivity index (χ1) is 12.5. The zero-order valence-electron chi connectivity index (χ0n) is 14.3. The van der Waals surface area contributed by atoms with E-state index in [1.807, 2.05) is 6.92 Å². The summed E-state index contributed by atoms with van der Waals surface area (Å²) < 4.78 is 5.31. The smallest absolute Gasteiger partial charge is 0.269 e. The zero-order valence-corrected chi connectivity index (χ0v) is 15.0. The van der Waals surface area contributed by atoms with Crippen molar-refractivity contribution in [3.05, 3.63) is 64.7 Å². The number of amides is 2. The molecule has 0 saturated heterocycles. The number of hydrazine groups is 1. The SMILES string of the molecule is CCOc1ccc(C(=O)CCC(=O)NNC(=O)c2ccc(Cl)cc2)cc1. The van der Waals surface area contributed by atoms with Crippen LogP contribution in [0.15, 0.2) is 48.5 Å². The van der Waals surface area contributed by atoms with E-state index in [1.165, 1.54) is 0 Å². The van der Waals surface area contributed by atoms with Crippen LogP contribution in [0.2, 0.25) is 5.02 Å². The molecule has 0 spiro atoms. The zero-order chi connectivity index (χ0) is 18.9. The first-order valence-electron chi connectivity index (χ1n) is 8.10. The molecule has 0 aromatic heterocycles. The van der Waals surface area contributed by atoms with Crippen molar-refractivity contribution < 1.29 is 19.1 Å². The van der Waals surface area contributed by atoms with Crippen molar-refractivity contribution in [1.82, 2.24) is 10.9 Å². The molecule has 0 bridgehead atoms. The summed E-state index contributed by atoms with van der Waals surface area (Å²) in [5.41, 5.74) is 5.45. The van der Waals surface area contributed by atoms with Gasteiger partial charge in [0, 0.05) is 29.0 Å². The van der Waals surface area contributed by atoms with Gasteiger partial charge in [-0.2, -0.15) is 0 Å². The molecule has 0 aliphatic rings. The Kier molecular flexibility index (Phi) is 7.17. The molecular formula is C19H19ClN2O4. The topological polar surface area (TPSA) is 84.5 Å². The summed E-state index contributed by atoms with van der Waals surface area (Å²) in [6.07, 6.45) is 0.00354. The number of Topliss-reactive ketones (excluding diaryl/α,β-unsaturated/α-hetero) is 1. The summed E-state index contributed by atoms with van der Waals surface area (Å²) in [5, 5.41) is 0.512. The Balaban J connectivity index is 1.76. The molecular weight excluding hydrogens is 356 g/mol. The Morgan fingerprint density at radius 1 is 0.885 bits per heavy atom. The number of rotatable bonds is 7. The van der Waals surface area contributed by atoms with Gasteiger partial charge in [0.25, 0.3) is 5.91 Å². The molecule has 2 rings (SSSR count). The minimum absolute atomic E-state index is 0.0348. The van der Waals surface area contributed by atoms with Gasteiger partial charge in [0.15, 0.2) is 5.78 Å². The molecule has 0 saturated carbocycles. The van der Waals surface area contributed by atoms with Crippen LogP contribution in [0, 0.1) is 0 Å². The molecule has 2 aromatic rings. The van der Waals surface area contributed by atoms with Gasteiger partial charge in [0.05, 0.1) is 6.61 Å². The molecule has 2 N–H and O–H groups in total. The van der Waals surface area contributed by atoms with Crippen LogP contribution in [-0.2, 0) is 4.79 Å². The number of ketones is 1. The van der Waals surface area contributed by atoms with Crippen LogP contribution in [0.1, 0.15) is 40.5 Å². The molecule has 136 valence electrons. The number of hydrogen-bond acceptors (Lipinski definition) is 4. The van der Waals surface area contributed by atoms with Crippen LogP contribution in [0.5, 0.6) is 5.75 Å². The molecule has 0 aliphatic carbocycles. The second-order valence-corrected chi connectivity index (χ2v) is 5.83. The van der Waals surface area contributed by atoms with Gasteiger partial charge in [0.1, 0.15) is 5.75 Å². The van der Waals surface area contributed by atoms with Gasteiger partial charge in [0.2, 0.25) is 5.91 Å². The Bertz CT molecular complexity index is 773. The predicted molar refractivity (Wildman–Crippen MR) is 98.2 cm³/mol. The van der Waals surface area contributed by atoms with Crippen molar-refractivity contribution in [3.8, 4) is 5.75 Å². The van der Waals surface area contributed by atoms with E-state index in [2.05, 4.69) is 10.9 Å². The molecule has 0 fully saturated rings. The highest BCUT2D eigenvalue weighted by Crippen LogP contribution is 2.14. The van der Waals surface area contributed by atoms with E-state index in [1.54, 1.807) is 48.5 Å². The van der Waals surface area contributed by atoms with E-state index >= 15 is 0 Å². The highest BCUT2D eigenvalue weighted by atomic mass is 35.5. The monoisotopic (exact) mass is 374 g/mol. The van der Waals surface area contributed by atoms with Gasteiger partial charge < -0.3 is 4.74 Å². The van der Waals surface area contributed by atoms with Crippen LogP contribution < -0.4 is 15.6 Å². The number of benzene rings is 2. The molecule has 6 nitrogen and oxygen atoms in total. The Hall–Kier alpha value is -2.86. The lowest BCUT2D eigenvalue weighted by molar-refractivity contribution is -0.121.